The first kappa shape index (κ1) is 26.3. The molecule has 0 aromatic heterocycles. The predicted molar refractivity (Wildman–Crippen MR) is 137 cm³/mol. The van der Waals surface area contributed by atoms with E-state index in [9.17, 15) is 9.59 Å². The van der Waals surface area contributed by atoms with Crippen LogP contribution in [0.3, 0.4) is 0 Å². The number of fused-ring (bicyclic) bond motifs is 1. The summed E-state index contributed by atoms with van der Waals surface area (Å²) in [5, 5.41) is 3.52. The highest BCUT2D eigenvalue weighted by molar-refractivity contribution is 6.30. The Morgan fingerprint density at radius 2 is 1.91 bits per heavy atom. The Balaban J connectivity index is 1.90. The number of hydrogen-bond donors (Lipinski definition) is 2. The molecule has 2 amide bonds. The molecule has 2 unspecified atom stereocenters. The van der Waals surface area contributed by atoms with Crippen molar-refractivity contribution in [2.24, 2.45) is 10.7 Å². The SMILES string of the molecule is CCCC(NC(=O)c1ccc(Cl)cc1)N(Cc1ccc2c(c1)N=C(N)C(C)O2)C(=O)OC(C)(C)C. The number of nitrogens with zero attached hydrogens (tertiary/aromatic N) is 2. The number of amides is 2. The number of ether oxygens (including phenoxy) is 2. The van der Waals surface area contributed by atoms with Gasteiger partial charge in [0.15, 0.2) is 6.10 Å². The van der Waals surface area contributed by atoms with Crippen molar-refractivity contribution in [1.29, 1.82) is 0 Å². The molecule has 1 aliphatic heterocycles. The molecule has 35 heavy (non-hydrogen) atoms. The second-order valence-electron chi connectivity index (χ2n) is 9.49. The quantitative estimate of drug-likeness (QED) is 0.495. The molecule has 8 nitrogen and oxygen atoms in total. The first-order chi connectivity index (χ1) is 16.5. The molecule has 0 saturated carbocycles. The van der Waals surface area contributed by atoms with E-state index in [1.165, 1.54) is 4.90 Å². The molecule has 3 rings (SSSR count). The maximum absolute atomic E-state index is 13.3. The number of aliphatic imine (C=N–C) groups is 1. The van der Waals surface area contributed by atoms with E-state index in [0.717, 1.165) is 12.0 Å². The first-order valence-electron chi connectivity index (χ1n) is 11.7. The second-order valence-corrected chi connectivity index (χ2v) is 9.93. The average molecular weight is 501 g/mol. The normalized spacial score (nSPS) is 15.8. The van der Waals surface area contributed by atoms with Crippen LogP contribution in [0.4, 0.5) is 10.5 Å². The van der Waals surface area contributed by atoms with Gasteiger partial charge < -0.3 is 20.5 Å². The van der Waals surface area contributed by atoms with E-state index in [-0.39, 0.29) is 18.6 Å². The van der Waals surface area contributed by atoms with Crippen LogP contribution in [0.1, 0.15) is 63.4 Å². The zero-order valence-corrected chi connectivity index (χ0v) is 21.6. The third-order valence-electron chi connectivity index (χ3n) is 5.32. The monoisotopic (exact) mass is 500 g/mol. The van der Waals surface area contributed by atoms with E-state index < -0.39 is 17.9 Å². The molecular formula is C26H33ClN4O4. The number of nitrogens with one attached hydrogen (secondary N) is 1. The highest BCUT2D eigenvalue weighted by Gasteiger charge is 2.30. The van der Waals surface area contributed by atoms with Gasteiger partial charge in [-0.05, 0) is 76.1 Å². The minimum absolute atomic E-state index is 0.193. The molecule has 0 fully saturated rings. The van der Waals surface area contributed by atoms with Crippen LogP contribution >= 0.6 is 11.6 Å². The van der Waals surface area contributed by atoms with E-state index in [0.29, 0.717) is 34.3 Å². The Morgan fingerprint density at radius 1 is 1.23 bits per heavy atom. The van der Waals surface area contributed by atoms with Gasteiger partial charge in [-0.15, -0.1) is 0 Å². The van der Waals surface area contributed by atoms with E-state index in [4.69, 9.17) is 26.8 Å². The van der Waals surface area contributed by atoms with Gasteiger partial charge in [0.05, 0.1) is 6.54 Å². The average Bonchev–Trinajstić information content (AvgIpc) is 2.77. The van der Waals surface area contributed by atoms with Gasteiger partial charge in [0.1, 0.15) is 29.0 Å². The molecule has 2 aromatic rings. The fraction of sp³-hybridized carbons (Fsp3) is 0.423. The third-order valence-corrected chi connectivity index (χ3v) is 5.57. The maximum Gasteiger partial charge on any atom is 0.412 e. The molecule has 188 valence electrons. The first-order valence-corrected chi connectivity index (χ1v) is 12.0. The molecule has 0 aliphatic carbocycles. The Hall–Kier alpha value is -3.26. The number of halogens is 1. The Bertz CT molecular complexity index is 1100. The number of carbonyl (C=O) groups excluding carboxylic acids is 2. The smallest absolute Gasteiger partial charge is 0.412 e. The predicted octanol–water partition coefficient (Wildman–Crippen LogP) is 5.40. The van der Waals surface area contributed by atoms with E-state index in [1.807, 2.05) is 32.0 Å². The lowest BCUT2D eigenvalue weighted by molar-refractivity contribution is 0.00940. The van der Waals surface area contributed by atoms with E-state index >= 15 is 0 Å². The summed E-state index contributed by atoms with van der Waals surface area (Å²) in [6.07, 6.45) is -0.155. The summed E-state index contributed by atoms with van der Waals surface area (Å²) in [5.41, 5.74) is 7.09. The van der Waals surface area contributed by atoms with Crippen molar-refractivity contribution in [3.8, 4) is 5.75 Å². The molecule has 0 radical (unpaired) electrons. The maximum atomic E-state index is 13.3. The number of benzene rings is 2. The lowest BCUT2D eigenvalue weighted by Crippen LogP contribution is -2.51. The van der Waals surface area contributed by atoms with Crippen LogP contribution in [0, 0.1) is 0 Å². The van der Waals surface area contributed by atoms with Crippen LogP contribution < -0.4 is 15.8 Å². The number of rotatable bonds is 7. The van der Waals surface area contributed by atoms with Gasteiger partial charge in [0.2, 0.25) is 0 Å². The summed E-state index contributed by atoms with van der Waals surface area (Å²) in [6.45, 7) is 9.43. The lowest BCUT2D eigenvalue weighted by Gasteiger charge is -2.34. The summed E-state index contributed by atoms with van der Waals surface area (Å²) in [5.74, 6) is 0.706. The fourth-order valence-electron chi connectivity index (χ4n) is 3.56. The van der Waals surface area contributed by atoms with Gasteiger partial charge in [-0.3, -0.25) is 9.69 Å². The van der Waals surface area contributed by atoms with E-state index in [1.54, 1.807) is 45.0 Å². The minimum Gasteiger partial charge on any atom is -0.481 e. The van der Waals surface area contributed by atoms with Crippen molar-refractivity contribution < 1.29 is 19.1 Å². The van der Waals surface area contributed by atoms with Gasteiger partial charge in [-0.1, -0.05) is 31.0 Å². The Kier molecular flexibility index (Phi) is 8.27. The molecule has 3 N–H and O–H groups in total. The summed E-state index contributed by atoms with van der Waals surface area (Å²) in [7, 11) is 0. The molecule has 0 bridgehead atoms. The Labute approximate surface area is 211 Å². The molecule has 1 heterocycles. The van der Waals surface area contributed by atoms with Gasteiger partial charge in [0.25, 0.3) is 5.91 Å². The molecule has 0 spiro atoms. The molecule has 9 heteroatoms. The summed E-state index contributed by atoms with van der Waals surface area (Å²) in [4.78, 5) is 32.2. The van der Waals surface area contributed by atoms with Crippen LogP contribution in [0.15, 0.2) is 47.5 Å². The van der Waals surface area contributed by atoms with Crippen LogP contribution in [-0.4, -0.2) is 40.6 Å². The van der Waals surface area contributed by atoms with Crippen LogP contribution in [0.2, 0.25) is 5.02 Å². The molecule has 1 aliphatic rings. The standard InChI is InChI=1S/C26H33ClN4O4/c1-6-7-22(30-24(32)18-9-11-19(27)12-10-18)31(25(33)35-26(3,4)5)15-17-8-13-21-20(14-17)29-23(28)16(2)34-21/h8-14,16,22H,6-7,15H2,1-5H3,(H2,28,29)(H,30,32). The summed E-state index contributed by atoms with van der Waals surface area (Å²) in [6, 6.07) is 12.1. The number of hydrogen-bond acceptors (Lipinski definition) is 6. The molecular weight excluding hydrogens is 468 g/mol. The number of carbonyl (C=O) groups is 2. The van der Waals surface area contributed by atoms with Crippen LogP contribution in [0.25, 0.3) is 0 Å². The molecule has 2 aromatic carbocycles. The van der Waals surface area contributed by atoms with E-state index in [2.05, 4.69) is 10.3 Å². The summed E-state index contributed by atoms with van der Waals surface area (Å²) >= 11 is 5.96. The van der Waals surface area contributed by atoms with Crippen molar-refractivity contribution in [1.82, 2.24) is 10.2 Å². The highest BCUT2D eigenvalue weighted by Crippen LogP contribution is 2.33. The zero-order chi connectivity index (χ0) is 25.8. The van der Waals surface area contributed by atoms with Crippen LogP contribution in [-0.2, 0) is 11.3 Å². The van der Waals surface area contributed by atoms with Gasteiger partial charge >= 0.3 is 6.09 Å². The molecule has 2 atom stereocenters. The second kappa shape index (κ2) is 11.0. The highest BCUT2D eigenvalue weighted by atomic mass is 35.5. The lowest BCUT2D eigenvalue weighted by atomic mass is 10.1. The van der Waals surface area contributed by atoms with Crippen molar-refractivity contribution in [2.75, 3.05) is 0 Å². The van der Waals surface area contributed by atoms with Crippen molar-refractivity contribution in [3.63, 3.8) is 0 Å². The fourth-order valence-corrected chi connectivity index (χ4v) is 3.69. The zero-order valence-electron chi connectivity index (χ0n) is 20.8. The topological polar surface area (TPSA) is 106 Å². The molecule has 0 saturated heterocycles. The van der Waals surface area contributed by atoms with Gasteiger partial charge in [-0.25, -0.2) is 9.79 Å². The minimum atomic E-state index is -0.704. The van der Waals surface area contributed by atoms with Crippen molar-refractivity contribution >= 4 is 35.1 Å². The van der Waals surface area contributed by atoms with Gasteiger partial charge in [0, 0.05) is 10.6 Å². The van der Waals surface area contributed by atoms with Crippen molar-refractivity contribution in [2.45, 2.75) is 71.9 Å². The third kappa shape index (κ3) is 7.11. The Morgan fingerprint density at radius 3 is 2.54 bits per heavy atom. The summed E-state index contributed by atoms with van der Waals surface area (Å²) < 4.78 is 11.5. The largest absolute Gasteiger partial charge is 0.481 e. The van der Waals surface area contributed by atoms with Crippen molar-refractivity contribution in [3.05, 3.63) is 58.6 Å². The number of nitrogens with two attached hydrogens (primary N) is 1. The van der Waals surface area contributed by atoms with Gasteiger partial charge in [-0.2, -0.15) is 0 Å². The van der Waals surface area contributed by atoms with Crippen LogP contribution in [0.5, 0.6) is 5.75 Å². The number of amidine groups is 1.